The van der Waals surface area contributed by atoms with E-state index in [1.165, 1.54) is 0 Å². The van der Waals surface area contributed by atoms with Crippen LogP contribution in [0.15, 0.2) is 30.3 Å². The fraction of sp³-hybridized carbons (Fsp3) is 0.591. The van der Waals surface area contributed by atoms with Crippen LogP contribution >= 0.6 is 0 Å². The molecule has 0 radical (unpaired) electrons. The number of Topliss-reactive ketones (excluding diaryl/α,β-unsaturated/α-hetero) is 1. The van der Waals surface area contributed by atoms with Gasteiger partial charge in [0.05, 0.1) is 12.0 Å². The highest BCUT2D eigenvalue weighted by atomic mass is 16.7. The van der Waals surface area contributed by atoms with Gasteiger partial charge >= 0.3 is 12.1 Å². The molecular formula is C22H30N2O6. The topological polar surface area (TPSA) is 125 Å². The van der Waals surface area contributed by atoms with E-state index in [2.05, 4.69) is 10.6 Å². The Kier molecular flexibility index (Phi) is 7.10. The van der Waals surface area contributed by atoms with Crippen LogP contribution < -0.4 is 10.6 Å². The third kappa shape index (κ3) is 5.17. The molecule has 4 unspecified atom stereocenters. The molecule has 1 aromatic rings. The molecule has 0 aromatic heterocycles. The molecule has 1 aliphatic carbocycles. The number of carbonyl (C=O) groups excluding carboxylic acids is 1. The first-order chi connectivity index (χ1) is 14.3. The van der Waals surface area contributed by atoms with Crippen molar-refractivity contribution in [2.45, 2.75) is 51.3 Å². The average molecular weight is 418 g/mol. The lowest BCUT2D eigenvalue weighted by Crippen LogP contribution is -2.45. The lowest BCUT2D eigenvalue weighted by atomic mass is 9.73. The highest BCUT2D eigenvalue weighted by Gasteiger charge is 2.52. The third-order valence-electron chi connectivity index (χ3n) is 6.54. The van der Waals surface area contributed by atoms with E-state index < -0.39 is 30.3 Å². The van der Waals surface area contributed by atoms with Crippen LogP contribution in [0.25, 0.3) is 0 Å². The smallest absolute Gasteiger partial charge is 0.481 e. The zero-order valence-electron chi connectivity index (χ0n) is 17.2. The molecular weight excluding hydrogens is 388 g/mol. The van der Waals surface area contributed by atoms with Crippen LogP contribution in [-0.4, -0.2) is 53.5 Å². The van der Waals surface area contributed by atoms with Crippen molar-refractivity contribution in [3.8, 4) is 0 Å². The molecule has 1 saturated heterocycles. The molecule has 1 aromatic carbocycles. The molecule has 8 nitrogen and oxygen atoms in total. The van der Waals surface area contributed by atoms with Gasteiger partial charge in [-0.25, -0.2) is 4.79 Å². The van der Waals surface area contributed by atoms with E-state index in [1.54, 1.807) is 6.92 Å². The Morgan fingerprint density at radius 1 is 1.27 bits per heavy atom. The van der Waals surface area contributed by atoms with E-state index in [9.17, 15) is 19.5 Å². The van der Waals surface area contributed by atoms with Gasteiger partial charge in [-0.3, -0.25) is 14.9 Å². The first-order valence-electron chi connectivity index (χ1n) is 10.5. The van der Waals surface area contributed by atoms with Crippen molar-refractivity contribution in [2.75, 3.05) is 13.1 Å². The monoisotopic (exact) mass is 418 g/mol. The molecule has 2 fully saturated rings. The van der Waals surface area contributed by atoms with Crippen molar-refractivity contribution in [1.82, 2.24) is 10.6 Å². The maximum Gasteiger partial charge on any atom is 0.507 e. The Bertz CT molecular complexity index is 770. The summed E-state index contributed by atoms with van der Waals surface area (Å²) in [5.74, 6) is -1.64. The number of hydrogen-bond donors (Lipinski definition) is 4. The molecule has 1 aliphatic heterocycles. The maximum atomic E-state index is 13.2. The van der Waals surface area contributed by atoms with Crippen LogP contribution in [-0.2, 0) is 20.7 Å². The van der Waals surface area contributed by atoms with Gasteiger partial charge in [0.25, 0.3) is 0 Å². The Morgan fingerprint density at radius 2 is 2.00 bits per heavy atom. The molecule has 8 heteroatoms. The highest BCUT2D eigenvalue weighted by Crippen LogP contribution is 2.49. The minimum atomic E-state index is -1.32. The van der Waals surface area contributed by atoms with Crippen molar-refractivity contribution in [3.63, 3.8) is 0 Å². The fourth-order valence-corrected chi connectivity index (χ4v) is 4.94. The van der Waals surface area contributed by atoms with Gasteiger partial charge in [0.2, 0.25) is 0 Å². The lowest BCUT2D eigenvalue weighted by molar-refractivity contribution is -0.142. The first-order valence-corrected chi connectivity index (χ1v) is 10.5. The van der Waals surface area contributed by atoms with Crippen molar-refractivity contribution in [3.05, 3.63) is 35.9 Å². The number of ether oxygens (including phenoxy) is 1. The predicted molar refractivity (Wildman–Crippen MR) is 109 cm³/mol. The summed E-state index contributed by atoms with van der Waals surface area (Å²) in [6, 6.07) is 8.97. The predicted octanol–water partition coefficient (Wildman–Crippen LogP) is 2.28. The SMILES string of the molecule is C[C@H](NCC(Cc1ccccc1)C(=O)O)C(=O)C1CCCC12CNC(OC(=O)O)C2. The maximum absolute atomic E-state index is 13.2. The van der Waals surface area contributed by atoms with Gasteiger partial charge in [-0.1, -0.05) is 36.8 Å². The van der Waals surface area contributed by atoms with Gasteiger partial charge in [-0.05, 0) is 37.2 Å². The number of carboxylic acid groups (broad SMARTS) is 2. The zero-order valence-corrected chi connectivity index (χ0v) is 17.2. The molecule has 30 heavy (non-hydrogen) atoms. The number of aliphatic carboxylic acids is 1. The largest absolute Gasteiger partial charge is 0.507 e. The molecule has 1 saturated carbocycles. The van der Waals surface area contributed by atoms with Crippen LogP contribution in [0.1, 0.15) is 38.2 Å². The normalized spacial score (nSPS) is 27.6. The van der Waals surface area contributed by atoms with E-state index in [4.69, 9.17) is 9.84 Å². The minimum Gasteiger partial charge on any atom is -0.481 e. The summed E-state index contributed by atoms with van der Waals surface area (Å²) in [4.78, 5) is 35.7. The number of nitrogens with one attached hydrogen (secondary N) is 2. The van der Waals surface area contributed by atoms with Crippen LogP contribution in [0.2, 0.25) is 0 Å². The van der Waals surface area contributed by atoms with Gasteiger partial charge in [0.1, 0.15) is 0 Å². The number of hydrogen-bond acceptors (Lipinski definition) is 6. The standard InChI is InChI=1S/C22H30N2O6/c1-14(23-12-16(20(26)27)10-15-6-3-2-4-7-15)19(25)17-8-5-9-22(17)11-18(24-13-22)30-21(28)29/h2-4,6-7,14,16-18,23-24H,5,8-13H2,1H3,(H,26,27)(H,28,29)/t14-,16?,17?,18?,22?/m0/s1. The van der Waals surface area contributed by atoms with Crippen molar-refractivity contribution in [1.29, 1.82) is 0 Å². The van der Waals surface area contributed by atoms with E-state index in [-0.39, 0.29) is 23.7 Å². The van der Waals surface area contributed by atoms with E-state index >= 15 is 0 Å². The van der Waals surface area contributed by atoms with Crippen molar-refractivity contribution >= 4 is 17.9 Å². The molecule has 164 valence electrons. The molecule has 5 atom stereocenters. The van der Waals surface area contributed by atoms with E-state index in [0.717, 1.165) is 24.8 Å². The summed E-state index contributed by atoms with van der Waals surface area (Å²) in [5, 5.41) is 24.6. The number of rotatable bonds is 9. The Balaban J connectivity index is 1.58. The summed E-state index contributed by atoms with van der Waals surface area (Å²) in [5.41, 5.74) is 0.658. The van der Waals surface area contributed by atoms with Gasteiger partial charge in [0.15, 0.2) is 12.0 Å². The van der Waals surface area contributed by atoms with Gasteiger partial charge in [-0.2, -0.15) is 0 Å². The molecule has 1 spiro atoms. The second kappa shape index (κ2) is 9.57. The third-order valence-corrected chi connectivity index (χ3v) is 6.54. The van der Waals surface area contributed by atoms with E-state index in [0.29, 0.717) is 19.4 Å². The van der Waals surface area contributed by atoms with Gasteiger partial charge in [-0.15, -0.1) is 0 Å². The summed E-state index contributed by atoms with van der Waals surface area (Å²) in [7, 11) is 0. The molecule has 0 amide bonds. The van der Waals surface area contributed by atoms with Crippen LogP contribution in [0, 0.1) is 17.3 Å². The minimum absolute atomic E-state index is 0.0640. The summed E-state index contributed by atoms with van der Waals surface area (Å²) in [6.07, 6.45) is 1.52. The highest BCUT2D eigenvalue weighted by molar-refractivity contribution is 5.87. The van der Waals surface area contributed by atoms with Crippen molar-refractivity contribution < 1.29 is 29.3 Å². The molecule has 2 aliphatic rings. The zero-order chi connectivity index (χ0) is 21.7. The van der Waals surface area contributed by atoms with Gasteiger partial charge < -0.3 is 20.3 Å². The summed E-state index contributed by atoms with van der Waals surface area (Å²) < 4.78 is 4.86. The second-order valence-corrected chi connectivity index (χ2v) is 8.52. The Labute approximate surface area is 176 Å². The van der Waals surface area contributed by atoms with Crippen molar-refractivity contribution in [2.24, 2.45) is 17.3 Å². The Hall–Kier alpha value is -2.45. The number of ketones is 1. The molecule has 4 N–H and O–H groups in total. The molecule has 1 heterocycles. The number of carbonyl (C=O) groups is 3. The first kappa shape index (κ1) is 22.2. The Morgan fingerprint density at radius 3 is 2.67 bits per heavy atom. The molecule has 0 bridgehead atoms. The van der Waals surface area contributed by atoms with Gasteiger partial charge in [0, 0.05) is 25.4 Å². The quantitative estimate of drug-likeness (QED) is 0.450. The lowest BCUT2D eigenvalue weighted by Gasteiger charge is -2.31. The summed E-state index contributed by atoms with van der Waals surface area (Å²) >= 11 is 0. The van der Waals surface area contributed by atoms with Crippen LogP contribution in [0.5, 0.6) is 0 Å². The fourth-order valence-electron chi connectivity index (χ4n) is 4.94. The average Bonchev–Trinajstić information content (AvgIpc) is 3.30. The van der Waals surface area contributed by atoms with Crippen LogP contribution in [0.3, 0.4) is 0 Å². The summed E-state index contributed by atoms with van der Waals surface area (Å²) in [6.45, 7) is 2.54. The number of benzene rings is 1. The number of carboxylic acids is 1. The van der Waals surface area contributed by atoms with Crippen LogP contribution in [0.4, 0.5) is 4.79 Å². The second-order valence-electron chi connectivity index (χ2n) is 8.52. The molecule has 3 rings (SSSR count). The van der Waals surface area contributed by atoms with E-state index in [1.807, 2.05) is 30.3 Å².